The molecule has 8 heteroatoms. The Morgan fingerprint density at radius 3 is 2.80 bits per heavy atom. The normalized spacial score (nSPS) is 21.2. The van der Waals surface area contributed by atoms with Gasteiger partial charge in [-0.05, 0) is 12.8 Å². The summed E-state index contributed by atoms with van der Waals surface area (Å²) in [5.74, 6) is -1.84. The maximum Gasteiger partial charge on any atom is 0.393 e. The average molecular weight is 369 g/mol. The van der Waals surface area contributed by atoms with Gasteiger partial charge < -0.3 is 5.32 Å². The number of nitrogens with one attached hydrogen (secondary N) is 1. The van der Waals surface area contributed by atoms with E-state index in [1.165, 1.54) is 11.8 Å². The molecule has 0 bridgehead atoms. The molecule has 1 aliphatic carbocycles. The number of hydrogen-bond donors (Lipinski definition) is 1. The van der Waals surface area contributed by atoms with E-state index in [1.54, 1.807) is 6.20 Å². The largest absolute Gasteiger partial charge is 0.393 e. The molecule has 2 unspecified atom stereocenters. The number of hydrogen-bond acceptors (Lipinski definition) is 4. The molecule has 1 fully saturated rings. The van der Waals surface area contributed by atoms with E-state index < -0.39 is 24.0 Å². The SMILES string of the molecule is O=C(CSc1nncc2ccccc12)NC1CCCCC1C(F)(F)F. The van der Waals surface area contributed by atoms with Crippen molar-refractivity contribution in [2.24, 2.45) is 5.92 Å². The Morgan fingerprint density at radius 1 is 1.24 bits per heavy atom. The molecule has 0 aliphatic heterocycles. The second-order valence-electron chi connectivity index (χ2n) is 6.13. The highest BCUT2D eigenvalue weighted by Crippen LogP contribution is 2.37. The van der Waals surface area contributed by atoms with Crippen molar-refractivity contribution in [2.75, 3.05) is 5.75 Å². The van der Waals surface area contributed by atoms with Crippen molar-refractivity contribution in [2.45, 2.75) is 42.9 Å². The first kappa shape index (κ1) is 18.0. The lowest BCUT2D eigenvalue weighted by Gasteiger charge is -2.33. The van der Waals surface area contributed by atoms with Crippen molar-refractivity contribution in [3.8, 4) is 0 Å². The van der Waals surface area contributed by atoms with Crippen LogP contribution in [-0.2, 0) is 4.79 Å². The highest BCUT2D eigenvalue weighted by Gasteiger charge is 2.45. The van der Waals surface area contributed by atoms with Gasteiger partial charge in [-0.15, -0.1) is 5.10 Å². The van der Waals surface area contributed by atoms with Crippen LogP contribution in [0.3, 0.4) is 0 Å². The highest BCUT2D eigenvalue weighted by molar-refractivity contribution is 8.00. The fourth-order valence-electron chi connectivity index (χ4n) is 3.19. The smallest absolute Gasteiger partial charge is 0.352 e. The first-order chi connectivity index (χ1) is 11.9. The van der Waals surface area contributed by atoms with Crippen LogP contribution in [0.25, 0.3) is 10.8 Å². The molecule has 1 heterocycles. The zero-order chi connectivity index (χ0) is 17.9. The Balaban J connectivity index is 1.62. The third-order valence-electron chi connectivity index (χ3n) is 4.41. The molecule has 0 spiro atoms. The van der Waals surface area contributed by atoms with Gasteiger partial charge in [-0.25, -0.2) is 0 Å². The number of aromatic nitrogens is 2. The van der Waals surface area contributed by atoms with E-state index >= 15 is 0 Å². The number of nitrogens with zero attached hydrogens (tertiary/aromatic N) is 2. The molecule has 25 heavy (non-hydrogen) atoms. The van der Waals surface area contributed by atoms with Crippen LogP contribution < -0.4 is 5.32 Å². The maximum atomic E-state index is 13.1. The first-order valence-corrected chi connectivity index (χ1v) is 9.13. The van der Waals surface area contributed by atoms with Crippen LogP contribution in [-0.4, -0.2) is 34.1 Å². The summed E-state index contributed by atoms with van der Waals surface area (Å²) >= 11 is 1.19. The molecule has 0 radical (unpaired) electrons. The Morgan fingerprint density at radius 2 is 2.00 bits per heavy atom. The van der Waals surface area contributed by atoms with Crippen LogP contribution >= 0.6 is 11.8 Å². The minimum Gasteiger partial charge on any atom is -0.352 e. The molecule has 1 N–H and O–H groups in total. The van der Waals surface area contributed by atoms with E-state index in [9.17, 15) is 18.0 Å². The van der Waals surface area contributed by atoms with Gasteiger partial charge in [-0.3, -0.25) is 4.79 Å². The average Bonchev–Trinajstić information content (AvgIpc) is 2.59. The van der Waals surface area contributed by atoms with Gasteiger partial charge in [0.2, 0.25) is 5.91 Å². The highest BCUT2D eigenvalue weighted by atomic mass is 32.2. The topological polar surface area (TPSA) is 54.9 Å². The van der Waals surface area contributed by atoms with Crippen molar-refractivity contribution in [1.82, 2.24) is 15.5 Å². The summed E-state index contributed by atoms with van der Waals surface area (Å²) in [5.41, 5.74) is 0. The van der Waals surface area contributed by atoms with Crippen LogP contribution in [0.2, 0.25) is 0 Å². The van der Waals surface area contributed by atoms with Crippen molar-refractivity contribution < 1.29 is 18.0 Å². The third-order valence-corrected chi connectivity index (χ3v) is 5.39. The number of benzene rings is 1. The lowest BCUT2D eigenvalue weighted by molar-refractivity contribution is -0.189. The Bertz CT molecular complexity index is 748. The van der Waals surface area contributed by atoms with E-state index in [1.807, 2.05) is 24.3 Å². The molecule has 4 nitrogen and oxygen atoms in total. The number of halogens is 3. The van der Waals surface area contributed by atoms with Gasteiger partial charge in [-0.1, -0.05) is 48.9 Å². The zero-order valence-corrected chi connectivity index (χ0v) is 14.2. The van der Waals surface area contributed by atoms with Crippen LogP contribution in [0.15, 0.2) is 35.5 Å². The van der Waals surface area contributed by atoms with Gasteiger partial charge in [0.25, 0.3) is 0 Å². The summed E-state index contributed by atoms with van der Waals surface area (Å²) in [4.78, 5) is 12.1. The molecule has 1 aromatic heterocycles. The van der Waals surface area contributed by atoms with Gasteiger partial charge >= 0.3 is 6.18 Å². The molecule has 1 saturated carbocycles. The number of rotatable bonds is 4. The summed E-state index contributed by atoms with van der Waals surface area (Å²) in [7, 11) is 0. The minimum absolute atomic E-state index is 0.0176. The van der Waals surface area contributed by atoms with Crippen LogP contribution in [0.1, 0.15) is 25.7 Å². The quantitative estimate of drug-likeness (QED) is 0.829. The molecule has 0 saturated heterocycles. The summed E-state index contributed by atoms with van der Waals surface area (Å²) in [6.45, 7) is 0. The molecule has 134 valence electrons. The monoisotopic (exact) mass is 369 g/mol. The van der Waals surface area contributed by atoms with E-state index in [4.69, 9.17) is 0 Å². The van der Waals surface area contributed by atoms with Gasteiger partial charge in [0.05, 0.1) is 17.9 Å². The van der Waals surface area contributed by atoms with Crippen LogP contribution in [0, 0.1) is 5.92 Å². The molecule has 2 atom stereocenters. The van der Waals surface area contributed by atoms with Crippen LogP contribution in [0.4, 0.5) is 13.2 Å². The second-order valence-corrected chi connectivity index (χ2v) is 7.10. The lowest BCUT2D eigenvalue weighted by Crippen LogP contribution is -2.48. The van der Waals surface area contributed by atoms with Crippen molar-refractivity contribution in [1.29, 1.82) is 0 Å². The summed E-state index contributed by atoms with van der Waals surface area (Å²) in [5, 5.41) is 12.9. The standard InChI is InChI=1S/C17H18F3N3OS/c18-17(19,20)13-7-3-4-8-14(13)22-15(24)10-25-16-12-6-2-1-5-11(12)9-21-23-16/h1-2,5-6,9,13-14H,3-4,7-8,10H2,(H,22,24). The second kappa shape index (κ2) is 7.59. The van der Waals surface area contributed by atoms with E-state index in [0.29, 0.717) is 24.3 Å². The zero-order valence-electron chi connectivity index (χ0n) is 13.4. The van der Waals surface area contributed by atoms with Gasteiger partial charge in [0.1, 0.15) is 5.03 Å². The minimum atomic E-state index is -4.27. The Kier molecular flexibility index (Phi) is 5.46. The maximum absolute atomic E-state index is 13.1. The predicted octanol–water partition coefficient (Wildman–Crippen LogP) is 3.96. The fourth-order valence-corrected chi connectivity index (χ4v) is 3.98. The van der Waals surface area contributed by atoms with Crippen molar-refractivity contribution in [3.05, 3.63) is 30.5 Å². The van der Waals surface area contributed by atoms with Gasteiger partial charge in [0, 0.05) is 16.8 Å². The van der Waals surface area contributed by atoms with Crippen molar-refractivity contribution >= 4 is 28.4 Å². The number of thioether (sulfide) groups is 1. The van der Waals surface area contributed by atoms with Crippen molar-refractivity contribution in [3.63, 3.8) is 0 Å². The van der Waals surface area contributed by atoms with Crippen LogP contribution in [0.5, 0.6) is 0 Å². The number of fused-ring (bicyclic) bond motifs is 1. The van der Waals surface area contributed by atoms with Gasteiger partial charge in [-0.2, -0.15) is 18.3 Å². The van der Waals surface area contributed by atoms with Gasteiger partial charge in [0.15, 0.2) is 0 Å². The fraction of sp³-hybridized carbons (Fsp3) is 0.471. The number of amides is 1. The van der Waals surface area contributed by atoms with E-state index in [2.05, 4.69) is 15.5 Å². The first-order valence-electron chi connectivity index (χ1n) is 8.14. The predicted molar refractivity (Wildman–Crippen MR) is 90.2 cm³/mol. The molecular weight excluding hydrogens is 351 g/mol. The summed E-state index contributed by atoms with van der Waals surface area (Å²) < 4.78 is 39.3. The molecule has 2 aromatic rings. The summed E-state index contributed by atoms with van der Waals surface area (Å²) in [6.07, 6.45) is -0.927. The third kappa shape index (κ3) is 4.42. The van der Waals surface area contributed by atoms with E-state index in [-0.39, 0.29) is 12.2 Å². The molecule has 1 aliphatic rings. The molecule has 1 aromatic carbocycles. The molecular formula is C17H18F3N3OS. The molecule has 3 rings (SSSR count). The Hall–Kier alpha value is -1.83. The molecule has 1 amide bonds. The Labute approximate surface area is 147 Å². The summed E-state index contributed by atoms with van der Waals surface area (Å²) in [6, 6.07) is 6.69. The lowest BCUT2D eigenvalue weighted by atomic mass is 9.84. The number of alkyl halides is 3. The van der Waals surface area contributed by atoms with E-state index in [0.717, 1.165) is 10.8 Å². The number of carbonyl (C=O) groups is 1. The number of carbonyl (C=O) groups excluding carboxylic acids is 1.